The highest BCUT2D eigenvalue weighted by Crippen LogP contribution is 2.41. The van der Waals surface area contributed by atoms with E-state index in [2.05, 4.69) is 4.98 Å². The van der Waals surface area contributed by atoms with Crippen LogP contribution >= 0.6 is 0 Å². The molecule has 1 aromatic heterocycles. The van der Waals surface area contributed by atoms with Crippen LogP contribution in [0.3, 0.4) is 0 Å². The number of hydrogen-bond acceptors (Lipinski definition) is 6. The number of hydrogen-bond donors (Lipinski definition) is 0. The van der Waals surface area contributed by atoms with Gasteiger partial charge in [0.1, 0.15) is 12.1 Å². The van der Waals surface area contributed by atoms with Gasteiger partial charge in [0, 0.05) is 29.2 Å². The lowest BCUT2D eigenvalue weighted by atomic mass is 10.0. The van der Waals surface area contributed by atoms with E-state index >= 15 is 0 Å². The average molecular weight is 466 g/mol. The molecule has 0 N–H and O–H groups in total. The Hall–Kier alpha value is -3.52. The first kappa shape index (κ1) is 22.7. The summed E-state index contributed by atoms with van der Waals surface area (Å²) >= 11 is 0. The molecular weight excluding hydrogens is 440 g/mol. The molecule has 8 heteroatoms. The van der Waals surface area contributed by atoms with E-state index in [1.165, 1.54) is 21.3 Å². The summed E-state index contributed by atoms with van der Waals surface area (Å²) in [6.45, 7) is 0.333. The van der Waals surface area contributed by atoms with Crippen LogP contribution < -0.4 is 19.1 Å². The molecule has 2 heterocycles. The van der Waals surface area contributed by atoms with Crippen molar-refractivity contribution in [1.82, 2.24) is 4.98 Å². The fraction of sp³-hybridized carbons (Fsp3) is 0.240. The first-order valence-corrected chi connectivity index (χ1v) is 12.0. The van der Waals surface area contributed by atoms with Crippen molar-refractivity contribution in [3.8, 4) is 17.2 Å². The van der Waals surface area contributed by atoms with Crippen molar-refractivity contribution in [3.05, 3.63) is 71.9 Å². The number of amides is 1. The fourth-order valence-electron chi connectivity index (χ4n) is 3.91. The van der Waals surface area contributed by atoms with Crippen LogP contribution in [0.2, 0.25) is 0 Å². The van der Waals surface area contributed by atoms with Gasteiger partial charge in [0.15, 0.2) is 16.4 Å². The minimum atomic E-state index is -0.881. The Morgan fingerprint density at radius 3 is 2.21 bits per heavy atom. The lowest BCUT2D eigenvalue weighted by Crippen LogP contribution is -2.51. The predicted octanol–water partition coefficient (Wildman–Crippen LogP) is 3.51. The molecule has 0 radical (unpaired) electrons. The molecule has 0 aliphatic carbocycles. The van der Waals surface area contributed by atoms with E-state index in [9.17, 15) is 9.59 Å². The second kappa shape index (κ2) is 9.54. The number of benzene rings is 2. The molecule has 3 aromatic rings. The van der Waals surface area contributed by atoms with Gasteiger partial charge in [-0.1, -0.05) is 30.3 Å². The standard InChI is InChI=1S/C25H25N2O5S/c1-30-19-13-17(14-20(31-2)22(19)32-3)33(4)23-21(28)18-11-8-12-26-24(18)27(25(23)29)15-16-9-6-5-7-10-16/h5-14,23H,15H2,1-4H3/q+1. The summed E-state index contributed by atoms with van der Waals surface area (Å²) in [7, 11) is 3.82. The van der Waals surface area contributed by atoms with Crippen LogP contribution in [0.15, 0.2) is 65.7 Å². The van der Waals surface area contributed by atoms with E-state index < -0.39 is 16.1 Å². The Kier molecular flexibility index (Phi) is 6.55. The largest absolute Gasteiger partial charge is 0.493 e. The maximum absolute atomic E-state index is 13.7. The van der Waals surface area contributed by atoms with E-state index in [0.29, 0.717) is 35.2 Å². The van der Waals surface area contributed by atoms with Gasteiger partial charge in [-0.25, -0.2) is 4.98 Å². The molecule has 33 heavy (non-hydrogen) atoms. The number of ketones is 1. The Balaban J connectivity index is 1.78. The number of methoxy groups -OCH3 is 3. The van der Waals surface area contributed by atoms with Gasteiger partial charge in [-0.3, -0.25) is 14.5 Å². The van der Waals surface area contributed by atoms with Crippen molar-refractivity contribution in [2.45, 2.75) is 16.7 Å². The van der Waals surface area contributed by atoms with E-state index in [-0.39, 0.29) is 11.7 Å². The number of nitrogens with zero attached hydrogens (tertiary/aromatic N) is 2. The minimum Gasteiger partial charge on any atom is -0.493 e. The summed E-state index contributed by atoms with van der Waals surface area (Å²) in [5, 5.41) is -0.881. The number of rotatable bonds is 7. The highest BCUT2D eigenvalue weighted by atomic mass is 32.2. The van der Waals surface area contributed by atoms with E-state index in [0.717, 1.165) is 10.5 Å². The zero-order valence-corrected chi connectivity index (χ0v) is 19.7. The van der Waals surface area contributed by atoms with Gasteiger partial charge in [0.2, 0.25) is 11.5 Å². The first-order valence-electron chi connectivity index (χ1n) is 10.3. The molecule has 0 saturated carbocycles. The maximum Gasteiger partial charge on any atom is 0.290 e. The average Bonchev–Trinajstić information content (AvgIpc) is 2.86. The van der Waals surface area contributed by atoms with Crippen molar-refractivity contribution >= 4 is 28.4 Å². The summed E-state index contributed by atoms with van der Waals surface area (Å²) in [4.78, 5) is 34.0. The highest BCUT2D eigenvalue weighted by Gasteiger charge is 2.50. The molecule has 1 aliphatic heterocycles. The number of anilines is 1. The number of pyridine rings is 1. The lowest BCUT2D eigenvalue weighted by molar-refractivity contribution is -0.117. The maximum atomic E-state index is 13.7. The van der Waals surface area contributed by atoms with E-state index in [1.54, 1.807) is 35.4 Å². The second-order valence-corrected chi connectivity index (χ2v) is 9.51. The van der Waals surface area contributed by atoms with Crippen molar-refractivity contribution in [1.29, 1.82) is 0 Å². The topological polar surface area (TPSA) is 78.0 Å². The molecule has 2 unspecified atom stereocenters. The van der Waals surface area contributed by atoms with Crippen LogP contribution in [0.4, 0.5) is 5.82 Å². The van der Waals surface area contributed by atoms with Crippen LogP contribution in [0.1, 0.15) is 15.9 Å². The lowest BCUT2D eigenvalue weighted by Gasteiger charge is -2.31. The first-order chi connectivity index (χ1) is 16.0. The molecule has 4 rings (SSSR count). The van der Waals surface area contributed by atoms with Gasteiger partial charge >= 0.3 is 0 Å². The quantitative estimate of drug-likeness (QED) is 0.393. The number of Topliss-reactive ketones (excluding diaryl/α,β-unsaturated/α-hetero) is 1. The molecule has 0 saturated heterocycles. The van der Waals surface area contributed by atoms with Gasteiger partial charge < -0.3 is 14.2 Å². The number of carbonyl (C=O) groups excluding carboxylic acids is 2. The van der Waals surface area contributed by atoms with Gasteiger partial charge in [-0.05, 0) is 17.7 Å². The number of ether oxygens (including phenoxy) is 3. The summed E-state index contributed by atoms with van der Waals surface area (Å²) in [6.07, 6.45) is 3.49. The van der Waals surface area contributed by atoms with Gasteiger partial charge in [0.05, 0.1) is 33.4 Å². The molecule has 1 amide bonds. The zero-order chi connectivity index (χ0) is 23.5. The van der Waals surface area contributed by atoms with Crippen molar-refractivity contribution in [3.63, 3.8) is 0 Å². The second-order valence-electron chi connectivity index (χ2n) is 7.45. The molecule has 170 valence electrons. The Morgan fingerprint density at radius 1 is 0.939 bits per heavy atom. The summed E-state index contributed by atoms with van der Waals surface area (Å²) in [5.41, 5.74) is 1.41. The smallest absolute Gasteiger partial charge is 0.290 e. The number of aromatic nitrogens is 1. The minimum absolute atomic E-state index is 0.230. The SMILES string of the molecule is COc1cc([S+](C)C2C(=O)c3cccnc3N(Cc3ccccc3)C2=O)cc(OC)c1OC. The molecule has 2 aromatic carbocycles. The van der Waals surface area contributed by atoms with Crippen LogP contribution in [0.25, 0.3) is 0 Å². The molecule has 0 bridgehead atoms. The van der Waals surface area contributed by atoms with Crippen molar-refractivity contribution in [2.24, 2.45) is 0 Å². The summed E-state index contributed by atoms with van der Waals surface area (Å²) in [6, 6.07) is 16.7. The van der Waals surface area contributed by atoms with E-state index in [4.69, 9.17) is 14.2 Å². The monoisotopic (exact) mass is 465 g/mol. The Bertz CT molecular complexity index is 1160. The fourth-order valence-corrected chi connectivity index (χ4v) is 5.65. The molecule has 7 nitrogen and oxygen atoms in total. The van der Waals surface area contributed by atoms with Gasteiger partial charge in [-0.15, -0.1) is 0 Å². The normalized spacial score (nSPS) is 16.2. The Labute approximate surface area is 195 Å². The summed E-state index contributed by atoms with van der Waals surface area (Å²) in [5.74, 6) is 1.31. The molecular formula is C25H25N2O5S+. The zero-order valence-electron chi connectivity index (χ0n) is 18.9. The molecule has 0 spiro atoms. The van der Waals surface area contributed by atoms with Gasteiger partial charge in [0.25, 0.3) is 11.2 Å². The van der Waals surface area contributed by atoms with Gasteiger partial charge in [-0.2, -0.15) is 0 Å². The summed E-state index contributed by atoms with van der Waals surface area (Å²) < 4.78 is 16.4. The molecule has 2 atom stereocenters. The Morgan fingerprint density at radius 2 is 1.61 bits per heavy atom. The predicted molar refractivity (Wildman–Crippen MR) is 128 cm³/mol. The third kappa shape index (κ3) is 4.14. The molecule has 1 aliphatic rings. The van der Waals surface area contributed by atoms with Crippen molar-refractivity contribution in [2.75, 3.05) is 32.5 Å². The van der Waals surface area contributed by atoms with Crippen LogP contribution in [-0.2, 0) is 22.2 Å². The van der Waals surface area contributed by atoms with E-state index in [1.807, 2.05) is 36.6 Å². The third-order valence-electron chi connectivity index (χ3n) is 5.58. The molecule has 0 fully saturated rings. The van der Waals surface area contributed by atoms with Crippen LogP contribution in [-0.4, -0.2) is 49.5 Å². The number of fused-ring (bicyclic) bond motifs is 1. The highest BCUT2D eigenvalue weighted by molar-refractivity contribution is 7.98. The van der Waals surface area contributed by atoms with Crippen LogP contribution in [0, 0.1) is 0 Å². The number of carbonyl (C=O) groups is 2. The van der Waals surface area contributed by atoms with Crippen molar-refractivity contribution < 1.29 is 23.8 Å². The van der Waals surface area contributed by atoms with Crippen LogP contribution in [0.5, 0.6) is 17.2 Å². The third-order valence-corrected chi connectivity index (χ3v) is 7.69.